The molecular formula is C14H15NOS. The quantitative estimate of drug-likeness (QED) is 0.806. The third kappa shape index (κ3) is 3.25. The fourth-order valence-electron chi connectivity index (χ4n) is 1.53. The first-order chi connectivity index (χ1) is 8.31. The third-order valence-electron chi connectivity index (χ3n) is 2.52. The van der Waals surface area contributed by atoms with Gasteiger partial charge in [-0.05, 0) is 48.2 Å². The van der Waals surface area contributed by atoms with Gasteiger partial charge >= 0.3 is 0 Å². The predicted molar refractivity (Wildman–Crippen MR) is 73.9 cm³/mol. The van der Waals surface area contributed by atoms with E-state index < -0.39 is 0 Å². The van der Waals surface area contributed by atoms with Gasteiger partial charge < -0.3 is 10.4 Å². The first-order valence-corrected chi connectivity index (χ1v) is 6.65. The van der Waals surface area contributed by atoms with Crippen molar-refractivity contribution in [3.05, 3.63) is 54.1 Å². The van der Waals surface area contributed by atoms with E-state index in [1.54, 1.807) is 11.8 Å². The number of aliphatic hydroxyl groups is 1. The van der Waals surface area contributed by atoms with Gasteiger partial charge in [0, 0.05) is 16.3 Å². The van der Waals surface area contributed by atoms with Crippen LogP contribution >= 0.6 is 11.8 Å². The zero-order valence-corrected chi connectivity index (χ0v) is 10.5. The predicted octanol–water partition coefficient (Wildman–Crippen LogP) is 3.64. The lowest BCUT2D eigenvalue weighted by Crippen LogP contribution is -1.90. The Kier molecular flexibility index (Phi) is 4.07. The molecule has 0 unspecified atom stereocenters. The Hall–Kier alpha value is -1.45. The Bertz CT molecular complexity index is 419. The highest BCUT2D eigenvalue weighted by Gasteiger charge is 1.96. The van der Waals surface area contributed by atoms with Crippen LogP contribution < -0.4 is 5.32 Å². The standard InChI is InChI=1S/C14H15NOS/c1-17-14-8-6-13(7-9-14)15-12-4-2-11(10-16)3-5-12/h2-9,15-16H,10H2,1H3. The summed E-state index contributed by atoms with van der Waals surface area (Å²) in [5, 5.41) is 12.3. The van der Waals surface area contributed by atoms with Crippen LogP contribution in [0.2, 0.25) is 0 Å². The van der Waals surface area contributed by atoms with E-state index in [2.05, 4.69) is 35.8 Å². The van der Waals surface area contributed by atoms with Gasteiger partial charge in [0.1, 0.15) is 0 Å². The summed E-state index contributed by atoms with van der Waals surface area (Å²) < 4.78 is 0. The van der Waals surface area contributed by atoms with Crippen LogP contribution in [0.4, 0.5) is 11.4 Å². The zero-order valence-electron chi connectivity index (χ0n) is 9.68. The Labute approximate surface area is 106 Å². The Morgan fingerprint density at radius 3 is 1.94 bits per heavy atom. The second-order valence-electron chi connectivity index (χ2n) is 3.71. The van der Waals surface area contributed by atoms with E-state index in [9.17, 15) is 0 Å². The van der Waals surface area contributed by atoms with Crippen molar-refractivity contribution < 1.29 is 5.11 Å². The van der Waals surface area contributed by atoms with Gasteiger partial charge in [-0.1, -0.05) is 12.1 Å². The molecule has 0 saturated heterocycles. The minimum atomic E-state index is 0.0860. The summed E-state index contributed by atoms with van der Waals surface area (Å²) in [7, 11) is 0. The Morgan fingerprint density at radius 2 is 1.47 bits per heavy atom. The molecule has 0 aromatic heterocycles. The van der Waals surface area contributed by atoms with E-state index in [0.717, 1.165) is 16.9 Å². The van der Waals surface area contributed by atoms with E-state index in [1.807, 2.05) is 24.3 Å². The van der Waals surface area contributed by atoms with Gasteiger partial charge in [-0.15, -0.1) is 11.8 Å². The number of hydrogen-bond acceptors (Lipinski definition) is 3. The second-order valence-corrected chi connectivity index (χ2v) is 4.59. The van der Waals surface area contributed by atoms with Crippen LogP contribution in [-0.4, -0.2) is 11.4 Å². The van der Waals surface area contributed by atoms with Crippen LogP contribution in [0.25, 0.3) is 0 Å². The Balaban J connectivity index is 2.08. The fraction of sp³-hybridized carbons (Fsp3) is 0.143. The van der Waals surface area contributed by atoms with Crippen LogP contribution in [0.5, 0.6) is 0 Å². The van der Waals surface area contributed by atoms with Crippen molar-refractivity contribution in [1.82, 2.24) is 0 Å². The summed E-state index contributed by atoms with van der Waals surface area (Å²) in [4.78, 5) is 1.26. The molecule has 2 aromatic rings. The van der Waals surface area contributed by atoms with E-state index >= 15 is 0 Å². The summed E-state index contributed by atoms with van der Waals surface area (Å²) >= 11 is 1.73. The smallest absolute Gasteiger partial charge is 0.0681 e. The summed E-state index contributed by atoms with van der Waals surface area (Å²) in [6.45, 7) is 0.0860. The number of benzene rings is 2. The molecule has 17 heavy (non-hydrogen) atoms. The molecule has 88 valence electrons. The average molecular weight is 245 g/mol. The second kappa shape index (κ2) is 5.75. The topological polar surface area (TPSA) is 32.3 Å². The van der Waals surface area contributed by atoms with Crippen LogP contribution in [0, 0.1) is 0 Å². The lowest BCUT2D eigenvalue weighted by Gasteiger charge is -2.07. The lowest BCUT2D eigenvalue weighted by atomic mass is 10.2. The highest BCUT2D eigenvalue weighted by atomic mass is 32.2. The molecule has 0 fully saturated rings. The van der Waals surface area contributed by atoms with E-state index in [4.69, 9.17) is 5.11 Å². The average Bonchev–Trinajstić information content (AvgIpc) is 2.40. The van der Waals surface area contributed by atoms with Crippen molar-refractivity contribution in [1.29, 1.82) is 0 Å². The number of hydrogen-bond donors (Lipinski definition) is 2. The molecule has 2 rings (SSSR count). The molecule has 0 radical (unpaired) electrons. The maximum absolute atomic E-state index is 8.95. The fourth-order valence-corrected chi connectivity index (χ4v) is 1.94. The van der Waals surface area contributed by atoms with Gasteiger partial charge in [-0.25, -0.2) is 0 Å². The van der Waals surface area contributed by atoms with Crippen LogP contribution in [-0.2, 0) is 6.61 Å². The molecule has 0 bridgehead atoms. The molecule has 0 heterocycles. The molecule has 0 saturated carbocycles. The van der Waals surface area contributed by atoms with Gasteiger partial charge in [0.2, 0.25) is 0 Å². The van der Waals surface area contributed by atoms with Gasteiger partial charge in [0.15, 0.2) is 0 Å². The summed E-state index contributed by atoms with van der Waals surface area (Å²) in [6, 6.07) is 16.1. The lowest BCUT2D eigenvalue weighted by molar-refractivity contribution is 0.282. The normalized spacial score (nSPS) is 10.2. The molecule has 0 atom stereocenters. The van der Waals surface area contributed by atoms with Crippen molar-refractivity contribution in [2.75, 3.05) is 11.6 Å². The van der Waals surface area contributed by atoms with Crippen LogP contribution in [0.3, 0.4) is 0 Å². The maximum atomic E-state index is 8.95. The zero-order chi connectivity index (χ0) is 12.1. The SMILES string of the molecule is CSc1ccc(Nc2ccc(CO)cc2)cc1. The number of rotatable bonds is 4. The largest absolute Gasteiger partial charge is 0.392 e. The molecule has 3 heteroatoms. The monoisotopic (exact) mass is 245 g/mol. The minimum absolute atomic E-state index is 0.0860. The summed E-state index contributed by atoms with van der Waals surface area (Å²) in [5.74, 6) is 0. The third-order valence-corrected chi connectivity index (χ3v) is 3.26. The molecule has 2 aromatic carbocycles. The molecule has 0 aliphatic rings. The van der Waals surface area contributed by atoms with Crippen LogP contribution in [0.1, 0.15) is 5.56 Å². The van der Waals surface area contributed by atoms with Gasteiger partial charge in [-0.2, -0.15) is 0 Å². The first-order valence-electron chi connectivity index (χ1n) is 5.42. The van der Waals surface area contributed by atoms with E-state index in [1.165, 1.54) is 4.90 Å². The Morgan fingerprint density at radius 1 is 0.941 bits per heavy atom. The molecule has 0 aliphatic heterocycles. The number of thioether (sulfide) groups is 1. The van der Waals surface area contributed by atoms with Gasteiger partial charge in [0.25, 0.3) is 0 Å². The van der Waals surface area contributed by atoms with E-state index in [0.29, 0.717) is 0 Å². The number of aliphatic hydroxyl groups excluding tert-OH is 1. The first kappa shape index (κ1) is 12.0. The van der Waals surface area contributed by atoms with Crippen molar-refractivity contribution in [2.45, 2.75) is 11.5 Å². The number of anilines is 2. The minimum Gasteiger partial charge on any atom is -0.392 e. The molecule has 0 amide bonds. The molecule has 0 spiro atoms. The highest BCUT2D eigenvalue weighted by Crippen LogP contribution is 2.21. The van der Waals surface area contributed by atoms with Gasteiger partial charge in [-0.3, -0.25) is 0 Å². The van der Waals surface area contributed by atoms with E-state index in [-0.39, 0.29) is 6.61 Å². The van der Waals surface area contributed by atoms with Crippen molar-refractivity contribution in [2.24, 2.45) is 0 Å². The molecule has 2 nitrogen and oxygen atoms in total. The van der Waals surface area contributed by atoms with Crippen molar-refractivity contribution in [3.63, 3.8) is 0 Å². The molecule has 2 N–H and O–H groups in total. The van der Waals surface area contributed by atoms with Gasteiger partial charge in [0.05, 0.1) is 6.61 Å². The highest BCUT2D eigenvalue weighted by molar-refractivity contribution is 7.98. The summed E-state index contributed by atoms with van der Waals surface area (Å²) in [5.41, 5.74) is 3.02. The summed E-state index contributed by atoms with van der Waals surface area (Å²) in [6.07, 6.45) is 2.07. The van der Waals surface area contributed by atoms with Crippen molar-refractivity contribution in [3.8, 4) is 0 Å². The van der Waals surface area contributed by atoms with Crippen molar-refractivity contribution >= 4 is 23.1 Å². The number of nitrogens with one attached hydrogen (secondary N) is 1. The maximum Gasteiger partial charge on any atom is 0.0681 e. The van der Waals surface area contributed by atoms with Crippen LogP contribution in [0.15, 0.2) is 53.4 Å². The molecule has 0 aliphatic carbocycles. The molecular weight excluding hydrogens is 230 g/mol.